The largest absolute Gasteiger partial charge is 0.480 e. The molecule has 19 heavy (non-hydrogen) atoms. The summed E-state index contributed by atoms with van der Waals surface area (Å²) in [6.07, 6.45) is 4.35. The zero-order valence-electron chi connectivity index (χ0n) is 11.4. The number of aliphatic carboxylic acids is 1. The van der Waals surface area contributed by atoms with E-state index in [4.69, 9.17) is 5.11 Å². The predicted molar refractivity (Wildman–Crippen MR) is 73.7 cm³/mol. The SMILES string of the molecule is CC(C)(SCC(=O)NC1(C#N)CCCCC1)C(=O)O. The zero-order chi connectivity index (χ0) is 14.5. The lowest BCUT2D eigenvalue weighted by atomic mass is 9.83. The van der Waals surface area contributed by atoms with Gasteiger partial charge in [-0.25, -0.2) is 0 Å². The average molecular weight is 284 g/mol. The Hall–Kier alpha value is -1.22. The number of nitrogens with one attached hydrogen (secondary N) is 1. The van der Waals surface area contributed by atoms with Crippen LogP contribution in [0.4, 0.5) is 0 Å². The summed E-state index contributed by atoms with van der Waals surface area (Å²) < 4.78 is -0.996. The summed E-state index contributed by atoms with van der Waals surface area (Å²) in [6, 6.07) is 2.21. The Labute approximate surface area is 117 Å². The third-order valence-electron chi connectivity index (χ3n) is 3.38. The maximum atomic E-state index is 11.9. The number of carbonyl (C=O) groups is 2. The van der Waals surface area contributed by atoms with Gasteiger partial charge < -0.3 is 10.4 Å². The molecule has 0 unspecified atom stereocenters. The van der Waals surface area contributed by atoms with Crippen LogP contribution in [0.5, 0.6) is 0 Å². The molecule has 1 aliphatic rings. The molecule has 0 spiro atoms. The van der Waals surface area contributed by atoms with E-state index in [1.54, 1.807) is 13.8 Å². The van der Waals surface area contributed by atoms with E-state index in [2.05, 4.69) is 11.4 Å². The Balaban J connectivity index is 2.51. The van der Waals surface area contributed by atoms with Crippen LogP contribution in [0.25, 0.3) is 0 Å². The number of nitrogens with zero attached hydrogens (tertiary/aromatic N) is 1. The van der Waals surface area contributed by atoms with Crippen LogP contribution in [-0.4, -0.2) is 33.0 Å². The molecule has 106 valence electrons. The summed E-state index contributed by atoms with van der Waals surface area (Å²) in [5.41, 5.74) is -0.747. The highest BCUT2D eigenvalue weighted by molar-refractivity contribution is 8.01. The highest BCUT2D eigenvalue weighted by Crippen LogP contribution is 2.28. The van der Waals surface area contributed by atoms with Crippen molar-refractivity contribution in [2.45, 2.75) is 56.2 Å². The second-order valence-electron chi connectivity index (χ2n) is 5.41. The van der Waals surface area contributed by atoms with Crippen LogP contribution in [0.3, 0.4) is 0 Å². The lowest BCUT2D eigenvalue weighted by Crippen LogP contribution is -2.49. The fraction of sp³-hybridized carbons (Fsp3) is 0.769. The summed E-state index contributed by atoms with van der Waals surface area (Å²) in [5, 5.41) is 21.0. The van der Waals surface area contributed by atoms with Crippen molar-refractivity contribution in [2.75, 3.05) is 5.75 Å². The molecule has 0 atom stereocenters. The molecule has 0 bridgehead atoms. The van der Waals surface area contributed by atoms with Crippen LogP contribution >= 0.6 is 11.8 Å². The Morgan fingerprint density at radius 3 is 2.42 bits per heavy atom. The first-order valence-electron chi connectivity index (χ1n) is 6.41. The van der Waals surface area contributed by atoms with Gasteiger partial charge in [-0.2, -0.15) is 5.26 Å². The lowest BCUT2D eigenvalue weighted by molar-refractivity contribution is -0.138. The van der Waals surface area contributed by atoms with Gasteiger partial charge in [0.25, 0.3) is 0 Å². The van der Waals surface area contributed by atoms with Crippen molar-refractivity contribution in [1.29, 1.82) is 5.26 Å². The Morgan fingerprint density at radius 1 is 1.37 bits per heavy atom. The smallest absolute Gasteiger partial charge is 0.319 e. The van der Waals surface area contributed by atoms with Crippen molar-refractivity contribution in [2.24, 2.45) is 0 Å². The van der Waals surface area contributed by atoms with Crippen LogP contribution in [-0.2, 0) is 9.59 Å². The third-order valence-corrected chi connectivity index (χ3v) is 4.68. The molecule has 0 heterocycles. The Morgan fingerprint density at radius 2 is 1.95 bits per heavy atom. The van der Waals surface area contributed by atoms with Crippen molar-refractivity contribution in [3.8, 4) is 6.07 Å². The minimum Gasteiger partial charge on any atom is -0.480 e. The van der Waals surface area contributed by atoms with E-state index in [-0.39, 0.29) is 11.7 Å². The van der Waals surface area contributed by atoms with Crippen LogP contribution in [0, 0.1) is 11.3 Å². The van der Waals surface area contributed by atoms with E-state index in [1.807, 2.05) is 0 Å². The van der Waals surface area contributed by atoms with Crippen LogP contribution in [0.15, 0.2) is 0 Å². The second-order valence-corrected chi connectivity index (χ2v) is 7.00. The number of rotatable bonds is 5. The molecule has 1 aliphatic carbocycles. The van der Waals surface area contributed by atoms with Crippen LogP contribution in [0.1, 0.15) is 46.0 Å². The molecule has 1 rings (SSSR count). The number of hydrogen-bond donors (Lipinski definition) is 2. The van der Waals surface area contributed by atoms with Gasteiger partial charge in [-0.15, -0.1) is 11.8 Å². The van der Waals surface area contributed by atoms with Gasteiger partial charge in [0, 0.05) is 0 Å². The molecule has 1 amide bonds. The standard InChI is InChI=1S/C13H20N2O3S/c1-12(2,11(17)18)19-8-10(16)15-13(9-14)6-4-3-5-7-13/h3-8H2,1-2H3,(H,15,16)(H,17,18). The van der Waals surface area contributed by atoms with Gasteiger partial charge in [-0.05, 0) is 26.7 Å². The van der Waals surface area contributed by atoms with Gasteiger partial charge in [0.1, 0.15) is 10.3 Å². The number of amides is 1. The first-order valence-corrected chi connectivity index (χ1v) is 7.39. The number of hydrogen-bond acceptors (Lipinski definition) is 4. The monoisotopic (exact) mass is 284 g/mol. The number of thioether (sulfide) groups is 1. The van der Waals surface area contributed by atoms with Gasteiger partial charge in [0.05, 0.1) is 11.8 Å². The Kier molecular flexibility index (Phi) is 5.24. The molecule has 2 N–H and O–H groups in total. The maximum Gasteiger partial charge on any atom is 0.319 e. The lowest BCUT2D eigenvalue weighted by Gasteiger charge is -2.31. The molecule has 1 fully saturated rings. The summed E-state index contributed by atoms with van der Waals surface area (Å²) >= 11 is 1.07. The van der Waals surface area contributed by atoms with Gasteiger partial charge in [0.15, 0.2) is 0 Å². The molecule has 1 saturated carbocycles. The van der Waals surface area contributed by atoms with E-state index in [9.17, 15) is 14.9 Å². The molecule has 5 nitrogen and oxygen atoms in total. The fourth-order valence-electron chi connectivity index (χ4n) is 2.03. The normalized spacial score (nSPS) is 18.4. The first kappa shape index (κ1) is 15.8. The van der Waals surface area contributed by atoms with Crippen LogP contribution < -0.4 is 5.32 Å². The van der Waals surface area contributed by atoms with E-state index in [1.165, 1.54) is 0 Å². The first-order chi connectivity index (χ1) is 8.81. The summed E-state index contributed by atoms with van der Waals surface area (Å²) in [5.74, 6) is -1.15. The number of nitriles is 1. The molecular formula is C13H20N2O3S. The van der Waals surface area contributed by atoms with Gasteiger partial charge in [-0.3, -0.25) is 9.59 Å². The summed E-state index contributed by atoms with van der Waals surface area (Å²) in [4.78, 5) is 22.8. The van der Waals surface area contributed by atoms with E-state index >= 15 is 0 Å². The molecule has 0 aromatic heterocycles. The van der Waals surface area contributed by atoms with Gasteiger partial charge >= 0.3 is 5.97 Å². The summed E-state index contributed by atoms with van der Waals surface area (Å²) in [7, 11) is 0. The molecule has 0 radical (unpaired) electrons. The molecule has 0 aromatic rings. The number of carboxylic acid groups (broad SMARTS) is 1. The topological polar surface area (TPSA) is 90.2 Å². The van der Waals surface area contributed by atoms with Gasteiger partial charge in [0.2, 0.25) is 5.91 Å². The van der Waals surface area contributed by atoms with Crippen molar-refractivity contribution in [3.05, 3.63) is 0 Å². The predicted octanol–water partition coefficient (Wildman–Crippen LogP) is 1.93. The minimum absolute atomic E-state index is 0.0583. The van der Waals surface area contributed by atoms with Crippen molar-refractivity contribution >= 4 is 23.6 Å². The summed E-state index contributed by atoms with van der Waals surface area (Å²) in [6.45, 7) is 3.13. The number of carboxylic acids is 1. The fourth-order valence-corrected chi connectivity index (χ4v) is 2.72. The minimum atomic E-state index is -0.996. The average Bonchev–Trinajstić information content (AvgIpc) is 2.37. The highest BCUT2D eigenvalue weighted by atomic mass is 32.2. The highest BCUT2D eigenvalue weighted by Gasteiger charge is 2.34. The van der Waals surface area contributed by atoms with E-state index in [0.717, 1.165) is 31.0 Å². The maximum absolute atomic E-state index is 11.9. The van der Waals surface area contributed by atoms with E-state index in [0.29, 0.717) is 12.8 Å². The van der Waals surface area contributed by atoms with Crippen LogP contribution in [0.2, 0.25) is 0 Å². The Bertz CT molecular complexity index is 395. The molecule has 6 heteroatoms. The quantitative estimate of drug-likeness (QED) is 0.805. The molecule has 0 aromatic carbocycles. The zero-order valence-corrected chi connectivity index (χ0v) is 12.2. The van der Waals surface area contributed by atoms with Gasteiger partial charge in [-0.1, -0.05) is 19.3 Å². The third kappa shape index (κ3) is 4.43. The van der Waals surface area contributed by atoms with E-state index < -0.39 is 16.3 Å². The van der Waals surface area contributed by atoms with Crippen molar-refractivity contribution in [1.82, 2.24) is 5.32 Å². The number of carbonyl (C=O) groups excluding carboxylic acids is 1. The molecular weight excluding hydrogens is 264 g/mol. The molecule has 0 aliphatic heterocycles. The van der Waals surface area contributed by atoms with Crippen molar-refractivity contribution < 1.29 is 14.7 Å². The molecule has 0 saturated heterocycles. The van der Waals surface area contributed by atoms with Crippen molar-refractivity contribution in [3.63, 3.8) is 0 Å². The second kappa shape index (κ2) is 6.29.